The Labute approximate surface area is 200 Å². The van der Waals surface area contributed by atoms with Crippen LogP contribution in [-0.4, -0.2) is 53.4 Å². The molecule has 0 saturated carbocycles. The fraction of sp³-hybridized carbons (Fsp3) is 0.200. The van der Waals surface area contributed by atoms with E-state index in [-0.39, 0.29) is 0 Å². The molecule has 0 radical (unpaired) electrons. The summed E-state index contributed by atoms with van der Waals surface area (Å²) < 4.78 is 23.2. The van der Waals surface area contributed by atoms with Gasteiger partial charge in [-0.3, -0.25) is 0 Å². The van der Waals surface area contributed by atoms with Gasteiger partial charge in [0, 0.05) is 42.3 Å². The number of oxazole rings is 1. The van der Waals surface area contributed by atoms with E-state index in [9.17, 15) is 0 Å². The van der Waals surface area contributed by atoms with Crippen LogP contribution in [0.3, 0.4) is 0 Å². The fourth-order valence-corrected chi connectivity index (χ4v) is 3.91. The lowest BCUT2D eigenvalue weighted by molar-refractivity contribution is 0.0754. The number of nitrogens with one attached hydrogen (secondary N) is 2. The van der Waals surface area contributed by atoms with Crippen molar-refractivity contribution in [1.29, 1.82) is 0 Å². The molecule has 4 aromatic heterocycles. The molecule has 5 heterocycles. The molecule has 1 aliphatic rings. The van der Waals surface area contributed by atoms with Gasteiger partial charge in [0.2, 0.25) is 11.8 Å². The molecule has 1 aliphatic heterocycles. The van der Waals surface area contributed by atoms with Crippen molar-refractivity contribution in [3.05, 3.63) is 54.9 Å². The van der Waals surface area contributed by atoms with E-state index in [2.05, 4.69) is 25.6 Å². The molecule has 0 saturated heterocycles. The lowest BCUT2D eigenvalue weighted by atomic mass is 10.1. The van der Waals surface area contributed by atoms with Gasteiger partial charge in [-0.15, -0.1) is 0 Å². The topological polar surface area (TPSA) is 116 Å². The van der Waals surface area contributed by atoms with Crippen LogP contribution >= 0.6 is 0 Å². The Kier molecular flexibility index (Phi) is 5.47. The maximum Gasteiger partial charge on any atom is 0.229 e. The highest BCUT2D eigenvalue weighted by atomic mass is 16.5. The van der Waals surface area contributed by atoms with Gasteiger partial charge >= 0.3 is 0 Å². The van der Waals surface area contributed by atoms with Crippen LogP contribution in [0.15, 0.2) is 59.3 Å². The van der Waals surface area contributed by atoms with Gasteiger partial charge in [-0.05, 0) is 24.3 Å². The molecule has 0 fully saturated rings. The molecule has 2 N–H and O–H groups in total. The largest absolute Gasteiger partial charge is 0.491 e. The SMILES string of the molecule is CNc1ncc2c3cc(ncc13)Nc1cccc(n1)OCCOCCOc1ccc3oc-2nc3c1. The number of fused-ring (bicyclic) bond motifs is 6. The number of hydrogen-bond donors (Lipinski definition) is 2. The minimum Gasteiger partial charge on any atom is -0.491 e. The third-order valence-electron chi connectivity index (χ3n) is 5.55. The Hall–Kier alpha value is -4.44. The van der Waals surface area contributed by atoms with E-state index in [4.69, 9.17) is 23.6 Å². The quantitative estimate of drug-likeness (QED) is 0.365. The molecule has 0 amide bonds. The van der Waals surface area contributed by atoms with Crippen molar-refractivity contribution in [3.8, 4) is 23.1 Å². The maximum atomic E-state index is 6.09. The summed E-state index contributed by atoms with van der Waals surface area (Å²) in [5, 5.41) is 8.10. The second-order valence-electron chi connectivity index (χ2n) is 7.83. The monoisotopic (exact) mass is 470 g/mol. The van der Waals surface area contributed by atoms with Gasteiger partial charge in [0.15, 0.2) is 5.58 Å². The van der Waals surface area contributed by atoms with Crippen LogP contribution in [-0.2, 0) is 4.74 Å². The Bertz CT molecular complexity index is 1520. The zero-order chi connectivity index (χ0) is 23.6. The van der Waals surface area contributed by atoms with Crippen LogP contribution in [0.4, 0.5) is 17.5 Å². The Balaban J connectivity index is 1.48. The Morgan fingerprint density at radius 2 is 1.77 bits per heavy atom. The van der Waals surface area contributed by atoms with Crippen molar-refractivity contribution in [3.63, 3.8) is 0 Å². The third kappa shape index (κ3) is 4.26. The van der Waals surface area contributed by atoms with Crippen molar-refractivity contribution < 1.29 is 18.6 Å². The van der Waals surface area contributed by atoms with E-state index in [0.717, 1.165) is 16.3 Å². The fourth-order valence-electron chi connectivity index (χ4n) is 3.91. The van der Waals surface area contributed by atoms with Crippen molar-refractivity contribution in [2.45, 2.75) is 0 Å². The van der Waals surface area contributed by atoms with Crippen LogP contribution in [0.5, 0.6) is 11.6 Å². The molecule has 5 aromatic rings. The van der Waals surface area contributed by atoms with E-state index in [1.165, 1.54) is 0 Å². The van der Waals surface area contributed by atoms with Gasteiger partial charge < -0.3 is 29.3 Å². The Morgan fingerprint density at radius 3 is 2.69 bits per heavy atom. The van der Waals surface area contributed by atoms with Gasteiger partial charge in [-0.2, -0.15) is 4.98 Å². The number of anilines is 3. The van der Waals surface area contributed by atoms with E-state index in [0.29, 0.717) is 72.5 Å². The first-order valence-corrected chi connectivity index (χ1v) is 11.2. The lowest BCUT2D eigenvalue weighted by Crippen LogP contribution is -2.12. The van der Waals surface area contributed by atoms with Gasteiger partial charge in [0.05, 0.1) is 18.8 Å². The van der Waals surface area contributed by atoms with E-state index >= 15 is 0 Å². The Morgan fingerprint density at radius 1 is 0.857 bits per heavy atom. The number of aromatic nitrogens is 4. The van der Waals surface area contributed by atoms with Crippen LogP contribution in [0.2, 0.25) is 0 Å². The van der Waals surface area contributed by atoms with Crippen LogP contribution < -0.4 is 20.1 Å². The van der Waals surface area contributed by atoms with Crippen LogP contribution in [0.1, 0.15) is 0 Å². The first-order chi connectivity index (χ1) is 17.3. The summed E-state index contributed by atoms with van der Waals surface area (Å²) >= 11 is 0. The second-order valence-corrected chi connectivity index (χ2v) is 7.83. The smallest absolute Gasteiger partial charge is 0.229 e. The zero-order valence-corrected chi connectivity index (χ0v) is 18.9. The van der Waals surface area contributed by atoms with E-state index < -0.39 is 0 Å². The molecule has 10 nitrogen and oxygen atoms in total. The molecule has 0 spiro atoms. The molecule has 35 heavy (non-hydrogen) atoms. The predicted octanol–water partition coefficient (Wildman–Crippen LogP) is 4.41. The number of pyridine rings is 3. The molecule has 10 heteroatoms. The van der Waals surface area contributed by atoms with E-state index in [1.54, 1.807) is 18.5 Å². The van der Waals surface area contributed by atoms with Gasteiger partial charge in [0.25, 0.3) is 0 Å². The predicted molar refractivity (Wildman–Crippen MR) is 131 cm³/mol. The van der Waals surface area contributed by atoms with Crippen molar-refractivity contribution in [2.24, 2.45) is 0 Å². The second kappa shape index (κ2) is 9.07. The molecule has 6 rings (SSSR count). The van der Waals surface area contributed by atoms with Gasteiger partial charge in [0.1, 0.15) is 41.9 Å². The first kappa shape index (κ1) is 21.1. The number of ether oxygens (including phenoxy) is 3. The minimum absolute atomic E-state index is 0.376. The zero-order valence-electron chi connectivity index (χ0n) is 18.9. The van der Waals surface area contributed by atoms with E-state index in [1.807, 2.05) is 43.4 Å². The summed E-state index contributed by atoms with van der Waals surface area (Å²) in [6, 6.07) is 13.0. The third-order valence-corrected chi connectivity index (χ3v) is 5.55. The molecular formula is C25H22N6O4. The maximum absolute atomic E-state index is 6.09. The number of rotatable bonds is 1. The normalized spacial score (nSPS) is 14.0. The van der Waals surface area contributed by atoms with Crippen LogP contribution in [0.25, 0.3) is 33.3 Å². The molecule has 1 aromatic carbocycles. The summed E-state index contributed by atoms with van der Waals surface area (Å²) in [6.07, 6.45) is 3.51. The van der Waals surface area contributed by atoms with Crippen molar-refractivity contribution in [2.75, 3.05) is 44.1 Å². The average molecular weight is 470 g/mol. The first-order valence-electron chi connectivity index (χ1n) is 11.2. The number of hydrogen-bond acceptors (Lipinski definition) is 10. The summed E-state index contributed by atoms with van der Waals surface area (Å²) in [5.74, 6) is 3.57. The highest BCUT2D eigenvalue weighted by molar-refractivity contribution is 6.01. The highest BCUT2D eigenvalue weighted by Gasteiger charge is 2.16. The summed E-state index contributed by atoms with van der Waals surface area (Å²) in [4.78, 5) is 18.3. The molecule has 176 valence electrons. The summed E-state index contributed by atoms with van der Waals surface area (Å²) in [6.45, 7) is 1.64. The molecule has 7 bridgehead atoms. The average Bonchev–Trinajstić information content (AvgIpc) is 3.30. The molecular weight excluding hydrogens is 448 g/mol. The van der Waals surface area contributed by atoms with Crippen molar-refractivity contribution in [1.82, 2.24) is 19.9 Å². The van der Waals surface area contributed by atoms with Crippen LogP contribution in [0, 0.1) is 0 Å². The molecule has 0 atom stereocenters. The summed E-state index contributed by atoms with van der Waals surface area (Å²) in [7, 11) is 1.82. The van der Waals surface area contributed by atoms with Gasteiger partial charge in [-0.1, -0.05) is 6.07 Å². The van der Waals surface area contributed by atoms with Gasteiger partial charge in [-0.25, -0.2) is 15.0 Å². The standard InChI is InChI=1S/C25H22N6O4/c1-26-24-17-13-27-22-12-16(17)18(14-28-24)25-29-19-11-15(5-6-20(19)35-25)33-9-7-32-8-10-34-23-4-2-3-21(30-22)31-23/h2-6,11-14H,7-10H2,1H3,(H,26,28)(H,27,30,31). The molecule has 0 unspecified atom stereocenters. The number of nitrogens with zero attached hydrogens (tertiary/aromatic N) is 4. The minimum atomic E-state index is 0.376. The summed E-state index contributed by atoms with van der Waals surface area (Å²) in [5.41, 5.74) is 2.10. The molecule has 0 aliphatic carbocycles. The number of benzene rings is 1. The highest BCUT2D eigenvalue weighted by Crippen LogP contribution is 2.35. The lowest BCUT2D eigenvalue weighted by Gasteiger charge is -2.11. The van der Waals surface area contributed by atoms with Crippen molar-refractivity contribution >= 4 is 39.3 Å².